The van der Waals surface area contributed by atoms with Crippen molar-refractivity contribution >= 4 is 46.0 Å². The molecule has 1 heterocycles. The van der Waals surface area contributed by atoms with Gasteiger partial charge >= 0.3 is 12.1 Å². The van der Waals surface area contributed by atoms with Gasteiger partial charge in [0.25, 0.3) is 0 Å². The normalized spacial score (nSPS) is 13.4. The van der Waals surface area contributed by atoms with Crippen molar-refractivity contribution < 1.29 is 19.4 Å². The van der Waals surface area contributed by atoms with Gasteiger partial charge in [-0.3, -0.25) is 0 Å². The lowest BCUT2D eigenvalue weighted by Crippen LogP contribution is -2.34. The van der Waals surface area contributed by atoms with Crippen LogP contribution in [0.3, 0.4) is 0 Å². The van der Waals surface area contributed by atoms with E-state index in [0.717, 1.165) is 31.4 Å². The number of hydrogen-bond donors (Lipinski definition) is 2. The van der Waals surface area contributed by atoms with Gasteiger partial charge in [0, 0.05) is 9.49 Å². The molecule has 2 aromatic carbocycles. The molecule has 0 radical (unpaired) electrons. The fraction of sp³-hybridized carbons (Fsp3) is 0.182. The average Bonchev–Trinajstić information content (AvgIpc) is 3.22. The molecule has 29 heavy (non-hydrogen) atoms. The predicted octanol–water partition coefficient (Wildman–Crippen LogP) is 5.33. The minimum absolute atomic E-state index is 0.0689. The third kappa shape index (κ3) is 3.76. The molecule has 4 rings (SSSR count). The quantitative estimate of drug-likeness (QED) is 0.448. The summed E-state index contributed by atoms with van der Waals surface area (Å²) in [5.41, 5.74) is 5.50. The van der Waals surface area contributed by atoms with Gasteiger partial charge in [-0.2, -0.15) is 0 Å². The van der Waals surface area contributed by atoms with Crippen molar-refractivity contribution in [1.29, 1.82) is 0 Å². The van der Waals surface area contributed by atoms with Crippen molar-refractivity contribution in [2.45, 2.75) is 18.9 Å². The summed E-state index contributed by atoms with van der Waals surface area (Å²) in [5.74, 6) is -1.18. The van der Waals surface area contributed by atoms with Crippen LogP contribution >= 0.6 is 33.9 Å². The maximum atomic E-state index is 12.4. The van der Waals surface area contributed by atoms with Crippen molar-refractivity contribution in [3.63, 3.8) is 0 Å². The number of aryl methyl sites for hydroxylation is 1. The lowest BCUT2D eigenvalue weighted by Gasteiger charge is -2.17. The van der Waals surface area contributed by atoms with Gasteiger partial charge < -0.3 is 15.2 Å². The highest BCUT2D eigenvalue weighted by Gasteiger charge is 2.31. The summed E-state index contributed by atoms with van der Waals surface area (Å²) in [5, 5.41) is 14.0. The summed E-state index contributed by atoms with van der Waals surface area (Å²) < 4.78 is 6.32. The number of alkyl carbamates (subject to hydrolysis) is 1. The zero-order valence-corrected chi connectivity index (χ0v) is 18.5. The summed E-state index contributed by atoms with van der Waals surface area (Å²) in [6.07, 6.45) is -0.735. The van der Waals surface area contributed by atoms with Crippen LogP contribution in [0.5, 0.6) is 0 Å². The van der Waals surface area contributed by atoms with Gasteiger partial charge in [0.1, 0.15) is 6.61 Å². The number of carbonyl (C=O) groups excluding carboxylic acids is 1. The fourth-order valence-electron chi connectivity index (χ4n) is 3.64. The van der Waals surface area contributed by atoms with Crippen molar-refractivity contribution in [1.82, 2.24) is 5.32 Å². The van der Waals surface area contributed by atoms with Crippen molar-refractivity contribution in [2.24, 2.45) is 0 Å². The third-order valence-electron chi connectivity index (χ3n) is 5.04. The van der Waals surface area contributed by atoms with Crippen LogP contribution < -0.4 is 5.32 Å². The first-order valence-corrected chi connectivity index (χ1v) is 11.0. The van der Waals surface area contributed by atoms with Gasteiger partial charge in [-0.1, -0.05) is 48.5 Å². The van der Waals surface area contributed by atoms with Gasteiger partial charge in [0.15, 0.2) is 6.04 Å². The number of rotatable bonds is 5. The summed E-state index contributed by atoms with van der Waals surface area (Å²) in [7, 11) is 0. The molecule has 3 aromatic rings. The lowest BCUT2D eigenvalue weighted by molar-refractivity contribution is -0.139. The first kappa shape index (κ1) is 19.9. The van der Waals surface area contributed by atoms with E-state index in [0.29, 0.717) is 4.88 Å². The van der Waals surface area contributed by atoms with E-state index in [4.69, 9.17) is 4.74 Å². The Morgan fingerprint density at radius 1 is 1.14 bits per heavy atom. The van der Waals surface area contributed by atoms with E-state index in [9.17, 15) is 14.7 Å². The summed E-state index contributed by atoms with van der Waals surface area (Å²) >= 11 is 3.42. The molecule has 0 fully saturated rings. The van der Waals surface area contributed by atoms with Crippen LogP contribution in [0.25, 0.3) is 11.1 Å². The van der Waals surface area contributed by atoms with E-state index >= 15 is 0 Å². The first-order chi connectivity index (χ1) is 14.0. The minimum atomic E-state index is -1.13. The van der Waals surface area contributed by atoms with Gasteiger partial charge in [-0.15, -0.1) is 11.3 Å². The molecule has 7 heteroatoms. The number of nitrogens with one attached hydrogen (secondary N) is 1. The standard InChI is InChI=1S/C22H18INO4S/c1-12-11-29-20(18(12)23)19(21(25)26)24-22(27)28-10-17-15-8-4-2-6-13(15)14-7-3-5-9-16(14)17/h2-9,11,17,19H,10H2,1H3,(H,24,27)(H,25,26). The molecular formula is C22H18INO4S. The molecule has 148 valence electrons. The number of benzene rings is 2. The van der Waals surface area contributed by atoms with E-state index in [1.807, 2.05) is 48.7 Å². The molecule has 0 spiro atoms. The number of halogens is 1. The SMILES string of the molecule is Cc1csc(C(NC(=O)OCC2c3ccccc3-c3ccccc32)C(=O)O)c1I. The van der Waals surface area contributed by atoms with Crippen molar-refractivity contribution in [3.05, 3.63) is 79.0 Å². The Morgan fingerprint density at radius 2 is 1.72 bits per heavy atom. The highest BCUT2D eigenvalue weighted by atomic mass is 127. The van der Waals surface area contributed by atoms with Gasteiger partial charge in [0.2, 0.25) is 0 Å². The Kier molecular flexibility index (Phi) is 5.60. The molecule has 1 unspecified atom stereocenters. The van der Waals surface area contributed by atoms with Crippen LogP contribution in [-0.2, 0) is 9.53 Å². The maximum absolute atomic E-state index is 12.4. The van der Waals surface area contributed by atoms with Gasteiger partial charge in [-0.25, -0.2) is 9.59 Å². The molecule has 0 saturated carbocycles. The molecule has 0 bridgehead atoms. The predicted molar refractivity (Wildman–Crippen MR) is 120 cm³/mol. The Balaban J connectivity index is 1.50. The Hall–Kier alpha value is -2.39. The van der Waals surface area contributed by atoms with Gasteiger partial charge in [0.05, 0.1) is 4.88 Å². The second-order valence-corrected chi connectivity index (χ2v) is 8.83. The van der Waals surface area contributed by atoms with E-state index in [-0.39, 0.29) is 12.5 Å². The summed E-state index contributed by atoms with van der Waals surface area (Å²) in [6.45, 7) is 2.06. The molecule has 0 aliphatic heterocycles. The Bertz CT molecular complexity index is 1050. The highest BCUT2D eigenvalue weighted by Crippen LogP contribution is 2.44. The third-order valence-corrected chi connectivity index (χ3v) is 8.00. The molecule has 1 atom stereocenters. The number of carbonyl (C=O) groups is 2. The Labute approximate surface area is 185 Å². The van der Waals surface area contributed by atoms with Crippen LogP contribution in [0.2, 0.25) is 0 Å². The van der Waals surface area contributed by atoms with Crippen LogP contribution in [0.15, 0.2) is 53.9 Å². The molecular weight excluding hydrogens is 501 g/mol. The average molecular weight is 519 g/mol. The second kappa shape index (κ2) is 8.16. The smallest absolute Gasteiger partial charge is 0.408 e. The first-order valence-electron chi connectivity index (χ1n) is 9.05. The van der Waals surface area contributed by atoms with E-state index in [2.05, 4.69) is 40.0 Å². The van der Waals surface area contributed by atoms with Crippen LogP contribution in [0.4, 0.5) is 4.79 Å². The van der Waals surface area contributed by atoms with Crippen molar-refractivity contribution in [2.75, 3.05) is 6.61 Å². The highest BCUT2D eigenvalue weighted by molar-refractivity contribution is 14.1. The zero-order valence-electron chi connectivity index (χ0n) is 15.5. The van der Waals surface area contributed by atoms with Crippen molar-refractivity contribution in [3.8, 4) is 11.1 Å². The topological polar surface area (TPSA) is 75.6 Å². The lowest BCUT2D eigenvalue weighted by atomic mass is 9.98. The molecule has 0 saturated heterocycles. The van der Waals surface area contributed by atoms with Crippen LogP contribution in [0, 0.1) is 10.5 Å². The Morgan fingerprint density at radius 3 is 2.24 bits per heavy atom. The number of hydrogen-bond acceptors (Lipinski definition) is 4. The fourth-order valence-corrected chi connectivity index (χ4v) is 5.68. The molecule has 2 N–H and O–H groups in total. The number of ether oxygens (including phenoxy) is 1. The number of fused-ring (bicyclic) bond motifs is 3. The number of thiophene rings is 1. The number of amides is 1. The molecule has 1 aromatic heterocycles. The van der Waals surface area contributed by atoms with Crippen LogP contribution in [-0.4, -0.2) is 23.8 Å². The molecule has 1 aliphatic rings. The summed E-state index contributed by atoms with van der Waals surface area (Å²) in [6, 6.07) is 15.0. The van der Waals surface area contributed by atoms with Crippen LogP contribution in [0.1, 0.15) is 33.5 Å². The minimum Gasteiger partial charge on any atom is -0.479 e. The zero-order chi connectivity index (χ0) is 20.5. The monoisotopic (exact) mass is 519 g/mol. The number of carboxylic acid groups (broad SMARTS) is 1. The van der Waals surface area contributed by atoms with Gasteiger partial charge in [-0.05, 0) is 62.7 Å². The number of aliphatic carboxylic acids is 1. The van der Waals surface area contributed by atoms with E-state index in [1.165, 1.54) is 11.3 Å². The second-order valence-electron chi connectivity index (χ2n) is 6.84. The summed E-state index contributed by atoms with van der Waals surface area (Å²) in [4.78, 5) is 24.8. The van der Waals surface area contributed by atoms with E-state index in [1.54, 1.807) is 0 Å². The molecule has 1 aliphatic carbocycles. The molecule has 1 amide bonds. The number of carboxylic acids is 1. The van der Waals surface area contributed by atoms with E-state index < -0.39 is 18.1 Å². The largest absolute Gasteiger partial charge is 0.479 e. The maximum Gasteiger partial charge on any atom is 0.408 e. The molecule has 5 nitrogen and oxygen atoms in total.